The minimum absolute atomic E-state index is 0.158. The van der Waals surface area contributed by atoms with Crippen LogP contribution in [0.25, 0.3) is 0 Å². The molecule has 1 saturated heterocycles. The Labute approximate surface area is 172 Å². The van der Waals surface area contributed by atoms with Crippen molar-refractivity contribution in [2.45, 2.75) is 83.1 Å². The monoisotopic (exact) mass is 421 g/mol. The average Bonchev–Trinajstić information content (AvgIpc) is 3.37. The Kier molecular flexibility index (Phi) is 6.06. The summed E-state index contributed by atoms with van der Waals surface area (Å²) >= 11 is 0. The van der Waals surface area contributed by atoms with E-state index in [0.717, 1.165) is 68.6 Å². The van der Waals surface area contributed by atoms with Crippen LogP contribution in [-0.4, -0.2) is 45.5 Å². The fraction of sp³-hybridized carbons (Fsp3) is 0.750. The SMILES string of the molecule is CCCCn1c(CN2CCC[C@@H]2c2nonc2C)cnc1S(=O)(=O)CC1CCC1. The van der Waals surface area contributed by atoms with Crippen molar-refractivity contribution in [3.63, 3.8) is 0 Å². The third-order valence-electron chi connectivity index (χ3n) is 6.33. The molecule has 0 spiro atoms. The molecule has 160 valence electrons. The standard InChI is InChI=1S/C20H31N5O3S/c1-3-4-11-25-17(12-21-20(25)29(26,27)14-16-7-5-8-16)13-24-10-6-9-18(24)19-15(2)22-28-23-19/h12,16,18H,3-11,13-14H2,1-2H3/t18-/m1/s1. The van der Waals surface area contributed by atoms with E-state index < -0.39 is 9.84 Å². The first-order valence-electron chi connectivity index (χ1n) is 10.8. The van der Waals surface area contributed by atoms with Crippen molar-refractivity contribution >= 4 is 9.84 Å². The van der Waals surface area contributed by atoms with Crippen molar-refractivity contribution in [2.75, 3.05) is 12.3 Å². The largest absolute Gasteiger partial charge is 0.318 e. The predicted octanol–water partition coefficient (Wildman–Crippen LogP) is 3.29. The number of sulfone groups is 1. The van der Waals surface area contributed by atoms with E-state index >= 15 is 0 Å². The van der Waals surface area contributed by atoms with Gasteiger partial charge in [0, 0.05) is 13.1 Å². The van der Waals surface area contributed by atoms with Crippen molar-refractivity contribution < 1.29 is 13.0 Å². The molecule has 1 atom stereocenters. The summed E-state index contributed by atoms with van der Waals surface area (Å²) < 4.78 is 32.9. The smallest absolute Gasteiger partial charge is 0.227 e. The van der Waals surface area contributed by atoms with Gasteiger partial charge in [0.25, 0.3) is 0 Å². The van der Waals surface area contributed by atoms with Crippen molar-refractivity contribution in [3.05, 3.63) is 23.3 Å². The summed E-state index contributed by atoms with van der Waals surface area (Å²) in [4.78, 5) is 6.74. The molecular formula is C20H31N5O3S. The highest BCUT2D eigenvalue weighted by molar-refractivity contribution is 7.91. The molecule has 2 fully saturated rings. The fourth-order valence-electron chi connectivity index (χ4n) is 4.44. The number of imidazole rings is 1. The third-order valence-corrected chi connectivity index (χ3v) is 8.12. The lowest BCUT2D eigenvalue weighted by Gasteiger charge is -2.25. The lowest BCUT2D eigenvalue weighted by molar-refractivity contribution is 0.225. The molecule has 1 aliphatic heterocycles. The summed E-state index contributed by atoms with van der Waals surface area (Å²) in [5, 5.41) is 8.29. The van der Waals surface area contributed by atoms with E-state index in [0.29, 0.717) is 19.0 Å². The minimum atomic E-state index is -3.36. The zero-order valence-corrected chi connectivity index (χ0v) is 18.2. The van der Waals surface area contributed by atoms with E-state index in [2.05, 4.69) is 27.1 Å². The fourth-order valence-corrected chi connectivity index (χ4v) is 6.30. The summed E-state index contributed by atoms with van der Waals surface area (Å²) in [5.74, 6) is 0.525. The Morgan fingerprint density at radius 2 is 2.03 bits per heavy atom. The second-order valence-corrected chi connectivity index (χ2v) is 10.4. The Balaban J connectivity index is 1.58. The molecule has 3 heterocycles. The maximum absolute atomic E-state index is 13.0. The lowest BCUT2D eigenvalue weighted by atomic mass is 9.87. The van der Waals surface area contributed by atoms with E-state index in [1.54, 1.807) is 6.20 Å². The summed E-state index contributed by atoms with van der Waals surface area (Å²) in [6.45, 7) is 6.33. The van der Waals surface area contributed by atoms with Gasteiger partial charge in [-0.15, -0.1) is 0 Å². The van der Waals surface area contributed by atoms with Gasteiger partial charge >= 0.3 is 0 Å². The van der Waals surface area contributed by atoms with Crippen molar-refractivity contribution in [3.8, 4) is 0 Å². The van der Waals surface area contributed by atoms with Crippen LogP contribution >= 0.6 is 0 Å². The van der Waals surface area contributed by atoms with Crippen molar-refractivity contribution in [1.29, 1.82) is 0 Å². The van der Waals surface area contributed by atoms with E-state index in [-0.39, 0.29) is 17.0 Å². The van der Waals surface area contributed by atoms with Gasteiger partial charge in [0.1, 0.15) is 11.4 Å². The molecule has 1 aliphatic carbocycles. The van der Waals surface area contributed by atoms with Crippen molar-refractivity contribution in [2.24, 2.45) is 5.92 Å². The van der Waals surface area contributed by atoms with E-state index in [1.165, 1.54) is 0 Å². The van der Waals surface area contributed by atoms with Crippen LogP contribution in [0.1, 0.15) is 75.0 Å². The van der Waals surface area contributed by atoms with Gasteiger partial charge in [0.2, 0.25) is 15.0 Å². The van der Waals surface area contributed by atoms with Gasteiger partial charge in [-0.05, 0) is 51.5 Å². The van der Waals surface area contributed by atoms with Gasteiger partial charge < -0.3 is 4.57 Å². The number of likely N-dealkylation sites (tertiary alicyclic amines) is 1. The molecule has 0 unspecified atom stereocenters. The first kappa shape index (κ1) is 20.5. The second kappa shape index (κ2) is 8.55. The number of aryl methyl sites for hydroxylation is 1. The number of unbranched alkanes of at least 4 members (excludes halogenated alkanes) is 1. The number of rotatable bonds is 9. The molecule has 0 N–H and O–H groups in total. The molecule has 2 aromatic rings. The van der Waals surface area contributed by atoms with Crippen LogP contribution in [0, 0.1) is 12.8 Å². The van der Waals surface area contributed by atoms with Crippen LogP contribution in [0.4, 0.5) is 0 Å². The normalized spacial score (nSPS) is 21.0. The van der Waals surface area contributed by atoms with Crippen LogP contribution in [-0.2, 0) is 22.9 Å². The van der Waals surface area contributed by atoms with Gasteiger partial charge in [-0.2, -0.15) is 0 Å². The topological polar surface area (TPSA) is 94.1 Å². The third kappa shape index (κ3) is 4.26. The molecule has 2 aliphatic rings. The predicted molar refractivity (Wildman–Crippen MR) is 108 cm³/mol. The van der Waals surface area contributed by atoms with Crippen molar-refractivity contribution in [1.82, 2.24) is 24.8 Å². The van der Waals surface area contributed by atoms with Gasteiger partial charge in [-0.3, -0.25) is 4.90 Å². The molecule has 0 radical (unpaired) electrons. The molecule has 0 aromatic carbocycles. The molecule has 8 nitrogen and oxygen atoms in total. The van der Waals surface area contributed by atoms with Crippen LogP contribution < -0.4 is 0 Å². The quantitative estimate of drug-likeness (QED) is 0.613. The van der Waals surface area contributed by atoms with Crippen LogP contribution in [0.2, 0.25) is 0 Å². The Bertz CT molecular complexity index is 932. The maximum Gasteiger partial charge on any atom is 0.227 e. The molecule has 2 aromatic heterocycles. The average molecular weight is 422 g/mol. The lowest BCUT2D eigenvalue weighted by Crippen LogP contribution is -2.27. The van der Waals surface area contributed by atoms with E-state index in [1.807, 2.05) is 11.5 Å². The first-order chi connectivity index (χ1) is 14.0. The zero-order chi connectivity index (χ0) is 20.4. The molecule has 4 rings (SSSR count). The Hall–Kier alpha value is -1.74. The molecule has 9 heteroatoms. The highest BCUT2D eigenvalue weighted by Crippen LogP contribution is 2.34. The molecular weight excluding hydrogens is 390 g/mol. The van der Waals surface area contributed by atoms with Crippen LogP contribution in [0.3, 0.4) is 0 Å². The zero-order valence-electron chi connectivity index (χ0n) is 17.4. The highest BCUT2D eigenvalue weighted by atomic mass is 32.2. The first-order valence-corrected chi connectivity index (χ1v) is 12.4. The molecule has 0 amide bonds. The summed E-state index contributed by atoms with van der Waals surface area (Å²) in [6, 6.07) is 0.158. The Morgan fingerprint density at radius 1 is 1.21 bits per heavy atom. The highest BCUT2D eigenvalue weighted by Gasteiger charge is 2.33. The molecule has 29 heavy (non-hydrogen) atoms. The number of hydrogen-bond acceptors (Lipinski definition) is 7. The molecule has 0 bridgehead atoms. The molecule has 1 saturated carbocycles. The number of hydrogen-bond donors (Lipinski definition) is 0. The number of nitrogens with zero attached hydrogens (tertiary/aromatic N) is 5. The summed E-state index contributed by atoms with van der Waals surface area (Å²) in [5.41, 5.74) is 2.68. The summed E-state index contributed by atoms with van der Waals surface area (Å²) in [7, 11) is -3.36. The van der Waals surface area contributed by atoms with E-state index in [9.17, 15) is 8.42 Å². The summed E-state index contributed by atoms with van der Waals surface area (Å²) in [6.07, 6.45) is 8.96. The van der Waals surface area contributed by atoms with Gasteiger partial charge in [0.15, 0.2) is 0 Å². The maximum atomic E-state index is 13.0. The van der Waals surface area contributed by atoms with Crippen LogP contribution in [0.5, 0.6) is 0 Å². The van der Waals surface area contributed by atoms with E-state index in [4.69, 9.17) is 4.63 Å². The van der Waals surface area contributed by atoms with Gasteiger partial charge in [0.05, 0.1) is 23.7 Å². The van der Waals surface area contributed by atoms with Gasteiger partial charge in [-0.1, -0.05) is 30.1 Å². The van der Waals surface area contributed by atoms with Gasteiger partial charge in [-0.25, -0.2) is 18.0 Å². The second-order valence-electron chi connectivity index (χ2n) is 8.48. The number of aromatic nitrogens is 4. The Morgan fingerprint density at radius 3 is 2.69 bits per heavy atom. The van der Waals surface area contributed by atoms with Crippen LogP contribution in [0.15, 0.2) is 16.0 Å². The minimum Gasteiger partial charge on any atom is -0.318 e.